The van der Waals surface area contributed by atoms with Gasteiger partial charge < -0.3 is 5.11 Å². The van der Waals surface area contributed by atoms with Gasteiger partial charge in [0.05, 0.1) is 0 Å². The second-order valence-electron chi connectivity index (χ2n) is 5.55. The predicted molar refractivity (Wildman–Crippen MR) is 75.1 cm³/mol. The van der Waals surface area contributed by atoms with E-state index in [-0.39, 0.29) is 17.6 Å². The molecule has 4 nitrogen and oxygen atoms in total. The van der Waals surface area contributed by atoms with E-state index < -0.39 is 12.0 Å². The van der Waals surface area contributed by atoms with Gasteiger partial charge in [-0.1, -0.05) is 36.4 Å². The number of benzene rings is 1. The van der Waals surface area contributed by atoms with E-state index in [9.17, 15) is 9.59 Å². The summed E-state index contributed by atoms with van der Waals surface area (Å²) in [6, 6.07) is 9.15. The van der Waals surface area contributed by atoms with Crippen LogP contribution in [0, 0.1) is 11.8 Å². The van der Waals surface area contributed by atoms with Crippen LogP contribution < -0.4 is 0 Å². The van der Waals surface area contributed by atoms with Crippen molar-refractivity contribution in [3.63, 3.8) is 0 Å². The molecule has 1 aliphatic carbocycles. The number of rotatable bonds is 3. The Kier molecular flexibility index (Phi) is 3.18. The average Bonchev–Trinajstić information content (AvgIpc) is 2.99. The molecule has 1 heterocycles. The molecule has 20 heavy (non-hydrogen) atoms. The Balaban J connectivity index is 1.81. The third-order valence-electron chi connectivity index (χ3n) is 4.37. The monoisotopic (exact) mass is 271 g/mol. The van der Waals surface area contributed by atoms with Gasteiger partial charge in [0.25, 0.3) is 0 Å². The minimum Gasteiger partial charge on any atom is -0.480 e. The number of carboxylic acids is 1. The Morgan fingerprint density at radius 3 is 2.60 bits per heavy atom. The Bertz CT molecular complexity index is 579. The molecular formula is C16H17NO3. The summed E-state index contributed by atoms with van der Waals surface area (Å²) in [5.41, 5.74) is 1.76. The normalized spacial score (nSPS) is 27.2. The standard InChI is InChI=1S/C16H17NO3/c1-10(16(19)20)17-8-12-7-13(15(18)14(12)9-17)11-5-3-2-4-6-11/h2-7,10,12,14H,8-9H2,1H3,(H,19,20)/t10?,12-,14+/m0/s1. The van der Waals surface area contributed by atoms with Crippen LogP contribution in [0.5, 0.6) is 0 Å². The van der Waals surface area contributed by atoms with E-state index in [0.29, 0.717) is 13.1 Å². The van der Waals surface area contributed by atoms with Crippen molar-refractivity contribution in [1.82, 2.24) is 4.90 Å². The number of fused-ring (bicyclic) bond motifs is 1. The molecule has 104 valence electrons. The van der Waals surface area contributed by atoms with Crippen molar-refractivity contribution < 1.29 is 14.7 Å². The first-order valence-electron chi connectivity index (χ1n) is 6.86. The molecule has 3 atom stereocenters. The molecule has 0 bridgehead atoms. The average molecular weight is 271 g/mol. The molecular weight excluding hydrogens is 254 g/mol. The number of hydrogen-bond acceptors (Lipinski definition) is 3. The highest BCUT2D eigenvalue weighted by Crippen LogP contribution is 2.38. The fraction of sp³-hybridized carbons (Fsp3) is 0.375. The van der Waals surface area contributed by atoms with Gasteiger partial charge in [-0.2, -0.15) is 0 Å². The molecule has 1 saturated heterocycles. The maximum atomic E-state index is 12.5. The molecule has 1 aromatic rings. The number of likely N-dealkylation sites (tertiary alicyclic amines) is 1. The molecule has 0 spiro atoms. The summed E-state index contributed by atoms with van der Waals surface area (Å²) in [6.45, 7) is 2.87. The molecule has 1 N–H and O–H groups in total. The first kappa shape index (κ1) is 13.1. The van der Waals surface area contributed by atoms with Gasteiger partial charge in [0.15, 0.2) is 5.78 Å². The van der Waals surface area contributed by atoms with Crippen LogP contribution in [0.25, 0.3) is 5.57 Å². The van der Waals surface area contributed by atoms with Gasteiger partial charge in [-0.25, -0.2) is 0 Å². The van der Waals surface area contributed by atoms with Crippen molar-refractivity contribution in [2.75, 3.05) is 13.1 Å². The molecule has 0 aromatic heterocycles. The van der Waals surface area contributed by atoms with Gasteiger partial charge in [-0.15, -0.1) is 0 Å². The Labute approximate surface area is 117 Å². The summed E-state index contributed by atoms with van der Waals surface area (Å²) in [5, 5.41) is 9.06. The summed E-state index contributed by atoms with van der Waals surface area (Å²) < 4.78 is 0. The first-order chi connectivity index (χ1) is 9.58. The predicted octanol–water partition coefficient (Wildman–Crippen LogP) is 1.67. The van der Waals surface area contributed by atoms with Crippen molar-refractivity contribution >= 4 is 17.3 Å². The van der Waals surface area contributed by atoms with E-state index in [1.165, 1.54) is 0 Å². The quantitative estimate of drug-likeness (QED) is 0.908. The van der Waals surface area contributed by atoms with Crippen molar-refractivity contribution in [3.05, 3.63) is 42.0 Å². The minimum atomic E-state index is -0.829. The lowest BCUT2D eigenvalue weighted by Gasteiger charge is -2.20. The molecule has 4 heteroatoms. The van der Waals surface area contributed by atoms with Crippen LogP contribution in [0.3, 0.4) is 0 Å². The molecule has 2 aliphatic rings. The fourth-order valence-corrected chi connectivity index (χ4v) is 3.13. The van der Waals surface area contributed by atoms with Gasteiger partial charge in [0.2, 0.25) is 0 Å². The van der Waals surface area contributed by atoms with E-state index in [4.69, 9.17) is 5.11 Å². The van der Waals surface area contributed by atoms with Crippen LogP contribution in [0.4, 0.5) is 0 Å². The third-order valence-corrected chi connectivity index (χ3v) is 4.37. The van der Waals surface area contributed by atoms with E-state index in [1.807, 2.05) is 41.3 Å². The van der Waals surface area contributed by atoms with Crippen LogP contribution >= 0.6 is 0 Å². The summed E-state index contributed by atoms with van der Waals surface area (Å²) in [5.74, 6) is -0.600. The van der Waals surface area contributed by atoms with Crippen molar-refractivity contribution in [2.24, 2.45) is 11.8 Å². The van der Waals surface area contributed by atoms with Crippen LogP contribution in [-0.4, -0.2) is 40.9 Å². The molecule has 1 unspecified atom stereocenters. The fourth-order valence-electron chi connectivity index (χ4n) is 3.13. The molecule has 0 amide bonds. The van der Waals surface area contributed by atoms with Gasteiger partial charge in [0, 0.05) is 30.5 Å². The topological polar surface area (TPSA) is 57.6 Å². The molecule has 1 aliphatic heterocycles. The number of allylic oxidation sites excluding steroid dienone is 1. The highest BCUT2D eigenvalue weighted by molar-refractivity contribution is 6.24. The minimum absolute atomic E-state index is 0.0768. The molecule has 1 fully saturated rings. The number of nitrogens with zero attached hydrogens (tertiary/aromatic N) is 1. The third kappa shape index (κ3) is 2.06. The van der Waals surface area contributed by atoms with Crippen LogP contribution in [-0.2, 0) is 9.59 Å². The first-order valence-corrected chi connectivity index (χ1v) is 6.86. The lowest BCUT2D eigenvalue weighted by Crippen LogP contribution is -2.38. The SMILES string of the molecule is CC(C(=O)O)N1C[C@@H]2C=C(c3ccccc3)C(=O)[C@@H]2C1. The zero-order valence-electron chi connectivity index (χ0n) is 11.3. The van der Waals surface area contributed by atoms with Gasteiger partial charge in [-0.3, -0.25) is 14.5 Å². The Hall–Kier alpha value is -1.94. The molecule has 1 aromatic carbocycles. The maximum Gasteiger partial charge on any atom is 0.320 e. The molecule has 0 saturated carbocycles. The highest BCUT2D eigenvalue weighted by Gasteiger charge is 2.44. The van der Waals surface area contributed by atoms with Crippen LogP contribution in [0.2, 0.25) is 0 Å². The van der Waals surface area contributed by atoms with Gasteiger partial charge in [0.1, 0.15) is 6.04 Å². The van der Waals surface area contributed by atoms with Crippen LogP contribution in [0.1, 0.15) is 12.5 Å². The lowest BCUT2D eigenvalue weighted by atomic mass is 9.97. The van der Waals surface area contributed by atoms with E-state index in [1.54, 1.807) is 6.92 Å². The van der Waals surface area contributed by atoms with Crippen molar-refractivity contribution in [3.8, 4) is 0 Å². The van der Waals surface area contributed by atoms with Crippen LogP contribution in [0.15, 0.2) is 36.4 Å². The number of ketones is 1. The Morgan fingerprint density at radius 1 is 1.30 bits per heavy atom. The zero-order chi connectivity index (χ0) is 14.3. The van der Waals surface area contributed by atoms with E-state index >= 15 is 0 Å². The maximum absolute atomic E-state index is 12.5. The molecule has 3 rings (SSSR count). The summed E-state index contributed by atoms with van der Waals surface area (Å²) >= 11 is 0. The number of carbonyl (C=O) groups excluding carboxylic acids is 1. The number of carboxylic acid groups (broad SMARTS) is 1. The van der Waals surface area contributed by atoms with Crippen molar-refractivity contribution in [1.29, 1.82) is 0 Å². The molecule has 0 radical (unpaired) electrons. The number of Topliss-reactive ketones (excluding diaryl/α,β-unsaturated/α-hetero) is 1. The van der Waals surface area contributed by atoms with Crippen molar-refractivity contribution in [2.45, 2.75) is 13.0 Å². The number of hydrogen-bond donors (Lipinski definition) is 1. The summed E-state index contributed by atoms with van der Waals surface area (Å²) in [6.07, 6.45) is 2.02. The highest BCUT2D eigenvalue weighted by atomic mass is 16.4. The van der Waals surface area contributed by atoms with Gasteiger partial charge >= 0.3 is 5.97 Å². The smallest absolute Gasteiger partial charge is 0.320 e. The van der Waals surface area contributed by atoms with Gasteiger partial charge in [-0.05, 0) is 12.5 Å². The second-order valence-corrected chi connectivity index (χ2v) is 5.55. The second kappa shape index (κ2) is 4.87. The van der Waals surface area contributed by atoms with E-state index in [0.717, 1.165) is 11.1 Å². The summed E-state index contributed by atoms with van der Waals surface area (Å²) in [7, 11) is 0. The number of aliphatic carboxylic acids is 1. The summed E-state index contributed by atoms with van der Waals surface area (Å²) in [4.78, 5) is 25.4. The zero-order valence-corrected chi connectivity index (χ0v) is 11.3. The van der Waals surface area contributed by atoms with E-state index in [2.05, 4.69) is 0 Å². The Morgan fingerprint density at radius 2 is 2.00 bits per heavy atom. The largest absolute Gasteiger partial charge is 0.480 e. The lowest BCUT2D eigenvalue weighted by molar-refractivity contribution is -0.142. The number of carbonyl (C=O) groups is 2.